The molecule has 1 fully saturated rings. The number of hydrogen-bond donors (Lipinski definition) is 2. The minimum absolute atomic E-state index is 0.0426. The molecular weight excluding hydrogens is 236 g/mol. The Labute approximate surface area is 108 Å². The van der Waals surface area contributed by atoms with Gasteiger partial charge in [-0.15, -0.1) is 0 Å². The second-order valence-electron chi connectivity index (χ2n) is 4.61. The highest BCUT2D eigenvalue weighted by molar-refractivity contribution is 7.80. The Kier molecular flexibility index (Phi) is 5.85. The zero-order valence-corrected chi connectivity index (χ0v) is 11.4. The molecule has 0 bridgehead atoms. The van der Waals surface area contributed by atoms with Crippen molar-refractivity contribution in [3.63, 3.8) is 0 Å². The van der Waals surface area contributed by atoms with Crippen molar-refractivity contribution >= 4 is 23.1 Å². The first-order valence-corrected chi connectivity index (χ1v) is 6.64. The largest absolute Gasteiger partial charge is 0.393 e. The number of thiocarbonyl (C=S) groups is 1. The predicted octanol–water partition coefficient (Wildman–Crippen LogP) is 1.23. The van der Waals surface area contributed by atoms with E-state index < -0.39 is 0 Å². The van der Waals surface area contributed by atoms with Gasteiger partial charge in [0.2, 0.25) is 5.91 Å². The molecule has 1 amide bonds. The van der Waals surface area contributed by atoms with Gasteiger partial charge in [0.1, 0.15) is 0 Å². The number of carbonyl (C=O) groups is 1. The lowest BCUT2D eigenvalue weighted by Crippen LogP contribution is -2.45. The maximum atomic E-state index is 12.0. The fourth-order valence-corrected chi connectivity index (χ4v) is 2.45. The van der Waals surface area contributed by atoms with Crippen LogP contribution in [0.15, 0.2) is 0 Å². The standard InChI is InChI=1S/C12H22N2O2S/c1-3-10(11(13)17)12(15)14-8(2)9-4-6-16-7-5-9/h8-10H,3-7H2,1-2H3,(H2,13,17)(H,14,15). The van der Waals surface area contributed by atoms with Crippen molar-refractivity contribution in [1.29, 1.82) is 0 Å². The van der Waals surface area contributed by atoms with Crippen LogP contribution >= 0.6 is 12.2 Å². The molecule has 1 aliphatic heterocycles. The fraction of sp³-hybridized carbons (Fsp3) is 0.833. The molecule has 1 saturated heterocycles. The van der Waals surface area contributed by atoms with Crippen LogP contribution in [0.2, 0.25) is 0 Å². The Morgan fingerprint density at radius 3 is 2.59 bits per heavy atom. The van der Waals surface area contributed by atoms with Crippen LogP contribution in [0.25, 0.3) is 0 Å². The van der Waals surface area contributed by atoms with Crippen LogP contribution < -0.4 is 11.1 Å². The first-order chi connectivity index (χ1) is 8.06. The van der Waals surface area contributed by atoms with E-state index in [-0.39, 0.29) is 22.9 Å². The lowest BCUT2D eigenvalue weighted by Gasteiger charge is -2.29. The molecule has 0 aromatic heterocycles. The van der Waals surface area contributed by atoms with Gasteiger partial charge in [0.25, 0.3) is 0 Å². The highest BCUT2D eigenvalue weighted by Crippen LogP contribution is 2.19. The topological polar surface area (TPSA) is 64.3 Å². The van der Waals surface area contributed by atoms with Gasteiger partial charge in [-0.3, -0.25) is 4.79 Å². The summed E-state index contributed by atoms with van der Waals surface area (Å²) in [7, 11) is 0. The quantitative estimate of drug-likeness (QED) is 0.728. The normalized spacial score (nSPS) is 20.6. The van der Waals surface area contributed by atoms with E-state index in [2.05, 4.69) is 5.32 Å². The van der Waals surface area contributed by atoms with Crippen molar-refractivity contribution in [2.75, 3.05) is 13.2 Å². The van der Waals surface area contributed by atoms with Crippen LogP contribution in [0.5, 0.6) is 0 Å². The molecule has 0 spiro atoms. The summed E-state index contributed by atoms with van der Waals surface area (Å²) < 4.78 is 5.31. The minimum atomic E-state index is -0.340. The van der Waals surface area contributed by atoms with Crippen LogP contribution in [0.3, 0.4) is 0 Å². The highest BCUT2D eigenvalue weighted by Gasteiger charge is 2.25. The molecule has 5 heteroatoms. The van der Waals surface area contributed by atoms with Gasteiger partial charge in [-0.05, 0) is 32.1 Å². The van der Waals surface area contributed by atoms with Crippen molar-refractivity contribution in [1.82, 2.24) is 5.32 Å². The average Bonchev–Trinajstić information content (AvgIpc) is 2.30. The molecule has 0 aliphatic carbocycles. The lowest BCUT2D eigenvalue weighted by molar-refractivity contribution is -0.124. The summed E-state index contributed by atoms with van der Waals surface area (Å²) in [4.78, 5) is 12.2. The smallest absolute Gasteiger partial charge is 0.230 e. The SMILES string of the molecule is CCC(C(=O)NC(C)C1CCOCC1)C(N)=S. The minimum Gasteiger partial charge on any atom is -0.393 e. The number of carbonyl (C=O) groups excluding carboxylic acids is 1. The molecule has 1 rings (SSSR count). The zero-order valence-electron chi connectivity index (χ0n) is 10.6. The van der Waals surface area contributed by atoms with Gasteiger partial charge >= 0.3 is 0 Å². The third kappa shape index (κ3) is 4.24. The van der Waals surface area contributed by atoms with Gasteiger partial charge in [-0.2, -0.15) is 0 Å². The van der Waals surface area contributed by atoms with E-state index in [0.29, 0.717) is 12.3 Å². The van der Waals surface area contributed by atoms with E-state index in [9.17, 15) is 4.79 Å². The Morgan fingerprint density at radius 2 is 2.12 bits per heavy atom. The molecule has 4 nitrogen and oxygen atoms in total. The van der Waals surface area contributed by atoms with Gasteiger partial charge < -0.3 is 15.8 Å². The molecule has 0 radical (unpaired) electrons. The van der Waals surface area contributed by atoms with Crippen molar-refractivity contribution in [3.05, 3.63) is 0 Å². The number of hydrogen-bond acceptors (Lipinski definition) is 3. The van der Waals surface area contributed by atoms with Crippen LogP contribution in [-0.4, -0.2) is 30.2 Å². The first-order valence-electron chi connectivity index (χ1n) is 6.23. The maximum absolute atomic E-state index is 12.0. The molecule has 0 aromatic rings. The summed E-state index contributed by atoms with van der Waals surface area (Å²) in [6.07, 6.45) is 2.66. The highest BCUT2D eigenvalue weighted by atomic mass is 32.1. The number of amides is 1. The first kappa shape index (κ1) is 14.4. The van der Waals surface area contributed by atoms with Crippen LogP contribution in [0, 0.1) is 11.8 Å². The number of nitrogens with one attached hydrogen (secondary N) is 1. The van der Waals surface area contributed by atoms with Crippen molar-refractivity contribution in [3.8, 4) is 0 Å². The second kappa shape index (κ2) is 6.91. The van der Waals surface area contributed by atoms with Gasteiger partial charge in [-0.25, -0.2) is 0 Å². The Balaban J connectivity index is 2.46. The van der Waals surface area contributed by atoms with E-state index in [1.807, 2.05) is 13.8 Å². The van der Waals surface area contributed by atoms with Gasteiger partial charge in [-0.1, -0.05) is 19.1 Å². The zero-order chi connectivity index (χ0) is 12.8. The van der Waals surface area contributed by atoms with Crippen LogP contribution in [0.1, 0.15) is 33.1 Å². The van der Waals surface area contributed by atoms with Gasteiger partial charge in [0.05, 0.1) is 10.9 Å². The van der Waals surface area contributed by atoms with Gasteiger partial charge in [0.15, 0.2) is 0 Å². The summed E-state index contributed by atoms with van der Waals surface area (Å²) in [6.45, 7) is 5.54. The van der Waals surface area contributed by atoms with Crippen molar-refractivity contribution in [2.45, 2.75) is 39.2 Å². The molecule has 98 valence electrons. The van der Waals surface area contributed by atoms with E-state index in [4.69, 9.17) is 22.7 Å². The van der Waals surface area contributed by atoms with E-state index >= 15 is 0 Å². The van der Waals surface area contributed by atoms with E-state index in [0.717, 1.165) is 26.1 Å². The van der Waals surface area contributed by atoms with Gasteiger partial charge in [0, 0.05) is 19.3 Å². The third-order valence-corrected chi connectivity index (χ3v) is 3.70. The number of rotatable bonds is 5. The molecule has 1 aliphatic rings. The summed E-state index contributed by atoms with van der Waals surface area (Å²) in [5, 5.41) is 3.02. The molecule has 1 heterocycles. The molecule has 17 heavy (non-hydrogen) atoms. The molecule has 2 unspecified atom stereocenters. The van der Waals surface area contributed by atoms with Crippen LogP contribution in [-0.2, 0) is 9.53 Å². The fourth-order valence-electron chi connectivity index (χ4n) is 2.17. The molecule has 2 atom stereocenters. The van der Waals surface area contributed by atoms with Crippen molar-refractivity contribution < 1.29 is 9.53 Å². The maximum Gasteiger partial charge on any atom is 0.230 e. The van der Waals surface area contributed by atoms with Crippen molar-refractivity contribution in [2.24, 2.45) is 17.6 Å². The molecule has 3 N–H and O–H groups in total. The Morgan fingerprint density at radius 1 is 1.53 bits per heavy atom. The summed E-state index contributed by atoms with van der Waals surface area (Å²) in [5.41, 5.74) is 5.55. The molecule has 0 aromatic carbocycles. The average molecular weight is 258 g/mol. The predicted molar refractivity (Wildman–Crippen MR) is 71.7 cm³/mol. The van der Waals surface area contributed by atoms with Crippen LogP contribution in [0.4, 0.5) is 0 Å². The second-order valence-corrected chi connectivity index (χ2v) is 5.08. The van der Waals surface area contributed by atoms with E-state index in [1.165, 1.54) is 0 Å². The summed E-state index contributed by atoms with van der Waals surface area (Å²) in [6, 6.07) is 0.162. The lowest BCUT2D eigenvalue weighted by atomic mass is 9.92. The Bertz CT molecular complexity index is 278. The third-order valence-electron chi connectivity index (χ3n) is 3.41. The number of nitrogens with two attached hydrogens (primary N) is 1. The summed E-state index contributed by atoms with van der Waals surface area (Å²) >= 11 is 4.90. The van der Waals surface area contributed by atoms with E-state index in [1.54, 1.807) is 0 Å². The Hall–Kier alpha value is -0.680. The molecular formula is C12H22N2O2S. The number of ether oxygens (including phenoxy) is 1. The monoisotopic (exact) mass is 258 g/mol. The summed E-state index contributed by atoms with van der Waals surface area (Å²) in [5.74, 6) is 0.114. The molecule has 0 saturated carbocycles.